The Labute approximate surface area is 123 Å². The lowest BCUT2D eigenvalue weighted by atomic mass is 9.78. The van der Waals surface area contributed by atoms with E-state index in [4.69, 9.17) is 5.73 Å². The average Bonchev–Trinajstić information content (AvgIpc) is 2.40. The van der Waals surface area contributed by atoms with Crippen molar-refractivity contribution >= 4 is 5.91 Å². The quantitative estimate of drug-likeness (QED) is 0.840. The van der Waals surface area contributed by atoms with Crippen LogP contribution in [-0.2, 0) is 4.79 Å². The fourth-order valence-electron chi connectivity index (χ4n) is 3.28. The zero-order valence-electron chi connectivity index (χ0n) is 12.4. The van der Waals surface area contributed by atoms with Crippen LogP contribution in [0.4, 0.5) is 13.2 Å². The highest BCUT2D eigenvalue weighted by atomic mass is 19.4. The number of halogens is 3. The first-order chi connectivity index (χ1) is 9.76. The zero-order valence-corrected chi connectivity index (χ0v) is 12.4. The molecule has 0 radical (unpaired) electrons. The number of amides is 1. The molecule has 7 heteroatoms. The van der Waals surface area contributed by atoms with E-state index in [1.165, 1.54) is 4.90 Å². The maximum Gasteiger partial charge on any atom is 0.401 e. The highest BCUT2D eigenvalue weighted by Gasteiger charge is 2.35. The van der Waals surface area contributed by atoms with Gasteiger partial charge in [-0.1, -0.05) is 6.92 Å². The molecule has 1 aliphatic carbocycles. The van der Waals surface area contributed by atoms with E-state index in [0.717, 1.165) is 19.3 Å². The maximum absolute atomic E-state index is 12.4. The molecule has 1 saturated heterocycles. The number of nitrogens with zero attached hydrogens (tertiary/aromatic N) is 2. The molecule has 0 bridgehead atoms. The van der Waals surface area contributed by atoms with Crippen LogP contribution in [0.15, 0.2) is 0 Å². The monoisotopic (exact) mass is 307 g/mol. The number of carbonyl (C=O) groups is 1. The van der Waals surface area contributed by atoms with Crippen LogP contribution in [0.2, 0.25) is 0 Å². The highest BCUT2D eigenvalue weighted by Crippen LogP contribution is 2.29. The summed E-state index contributed by atoms with van der Waals surface area (Å²) in [6, 6.07) is 0.165. The van der Waals surface area contributed by atoms with E-state index in [1.807, 2.05) is 0 Å². The van der Waals surface area contributed by atoms with Crippen molar-refractivity contribution in [2.45, 2.75) is 38.4 Å². The summed E-state index contributed by atoms with van der Waals surface area (Å²) in [6.45, 7) is 2.56. The van der Waals surface area contributed by atoms with Crippen LogP contribution >= 0.6 is 0 Å². The summed E-state index contributed by atoms with van der Waals surface area (Å²) in [5, 5.41) is 0. The number of hydrogen-bond donors (Lipinski definition) is 1. The molecule has 1 saturated carbocycles. The number of piperazine rings is 1. The number of nitrogens with two attached hydrogens (primary N) is 1. The molecule has 2 fully saturated rings. The van der Waals surface area contributed by atoms with E-state index < -0.39 is 12.7 Å². The Hall–Kier alpha value is -0.820. The second kappa shape index (κ2) is 6.52. The minimum atomic E-state index is -4.17. The Morgan fingerprint density at radius 3 is 2.33 bits per heavy atom. The van der Waals surface area contributed by atoms with Crippen molar-refractivity contribution in [2.75, 3.05) is 32.7 Å². The Morgan fingerprint density at radius 1 is 1.19 bits per heavy atom. The van der Waals surface area contributed by atoms with Crippen molar-refractivity contribution < 1.29 is 18.0 Å². The topological polar surface area (TPSA) is 49.6 Å². The first-order valence-corrected chi connectivity index (χ1v) is 7.60. The number of rotatable bonds is 2. The molecule has 0 aromatic rings. The number of carbonyl (C=O) groups excluding carboxylic acids is 1. The second-order valence-electron chi connectivity index (χ2n) is 6.37. The van der Waals surface area contributed by atoms with Gasteiger partial charge in [-0.3, -0.25) is 9.69 Å². The van der Waals surface area contributed by atoms with Crippen LogP contribution in [0.5, 0.6) is 0 Å². The smallest absolute Gasteiger partial charge is 0.340 e. The van der Waals surface area contributed by atoms with Gasteiger partial charge in [0.05, 0.1) is 6.54 Å². The summed E-state index contributed by atoms with van der Waals surface area (Å²) in [5.41, 5.74) is 5.96. The molecule has 0 aromatic heterocycles. The molecule has 0 aromatic carbocycles. The first kappa shape index (κ1) is 16.5. The Kier molecular flexibility index (Phi) is 5.14. The van der Waals surface area contributed by atoms with Gasteiger partial charge in [-0.2, -0.15) is 13.2 Å². The summed E-state index contributed by atoms with van der Waals surface area (Å²) in [5.74, 6) is 0.425. The van der Waals surface area contributed by atoms with E-state index in [2.05, 4.69) is 6.92 Å². The van der Waals surface area contributed by atoms with E-state index >= 15 is 0 Å². The van der Waals surface area contributed by atoms with Gasteiger partial charge < -0.3 is 10.6 Å². The Balaban J connectivity index is 1.81. The summed E-state index contributed by atoms with van der Waals surface area (Å²) in [6.07, 6.45) is -1.72. The SMILES string of the molecule is CC1CC(C(=O)N2CCN(CC(F)(F)F)CC2)CCC1N. The highest BCUT2D eigenvalue weighted by molar-refractivity contribution is 5.79. The molecule has 1 amide bonds. The largest absolute Gasteiger partial charge is 0.401 e. The first-order valence-electron chi connectivity index (χ1n) is 7.60. The third kappa shape index (κ3) is 4.57. The molecule has 21 heavy (non-hydrogen) atoms. The van der Waals surface area contributed by atoms with Crippen LogP contribution in [0, 0.1) is 11.8 Å². The molecule has 3 unspecified atom stereocenters. The van der Waals surface area contributed by atoms with E-state index in [9.17, 15) is 18.0 Å². The normalized spacial score (nSPS) is 32.2. The van der Waals surface area contributed by atoms with Crippen molar-refractivity contribution in [3.05, 3.63) is 0 Å². The molecule has 1 heterocycles. The van der Waals surface area contributed by atoms with Gasteiger partial charge in [0.25, 0.3) is 0 Å². The fraction of sp³-hybridized carbons (Fsp3) is 0.929. The average molecular weight is 307 g/mol. The summed E-state index contributed by atoms with van der Waals surface area (Å²) in [4.78, 5) is 15.5. The van der Waals surface area contributed by atoms with E-state index in [0.29, 0.717) is 32.1 Å². The molecule has 2 aliphatic rings. The molecule has 3 atom stereocenters. The minimum Gasteiger partial charge on any atom is -0.340 e. The van der Waals surface area contributed by atoms with Gasteiger partial charge in [-0.25, -0.2) is 0 Å². The van der Waals surface area contributed by atoms with E-state index in [-0.39, 0.29) is 17.9 Å². The van der Waals surface area contributed by atoms with Gasteiger partial charge in [0.15, 0.2) is 0 Å². The van der Waals surface area contributed by atoms with Crippen LogP contribution < -0.4 is 5.73 Å². The molecular formula is C14H24F3N3O. The lowest BCUT2D eigenvalue weighted by molar-refractivity contribution is -0.153. The standard InChI is InChI=1S/C14H24F3N3O/c1-10-8-11(2-3-12(10)18)13(21)20-6-4-19(5-7-20)9-14(15,16)17/h10-12H,2-9,18H2,1H3. The van der Waals surface area contributed by atoms with Gasteiger partial charge >= 0.3 is 6.18 Å². The zero-order chi connectivity index (χ0) is 15.6. The third-order valence-electron chi connectivity index (χ3n) is 4.67. The number of alkyl halides is 3. The van der Waals surface area contributed by atoms with Crippen molar-refractivity contribution in [1.82, 2.24) is 9.80 Å². The fourth-order valence-corrected chi connectivity index (χ4v) is 3.28. The van der Waals surface area contributed by atoms with E-state index in [1.54, 1.807) is 4.90 Å². The lowest BCUT2D eigenvalue weighted by Gasteiger charge is -2.39. The molecule has 2 rings (SSSR count). The van der Waals surface area contributed by atoms with Gasteiger partial charge in [-0.05, 0) is 25.2 Å². The van der Waals surface area contributed by atoms with Gasteiger partial charge in [0, 0.05) is 38.1 Å². The molecule has 122 valence electrons. The molecule has 4 nitrogen and oxygen atoms in total. The summed E-state index contributed by atoms with van der Waals surface area (Å²) >= 11 is 0. The third-order valence-corrected chi connectivity index (χ3v) is 4.67. The van der Waals surface area contributed by atoms with Gasteiger partial charge in [0.2, 0.25) is 5.91 Å². The lowest BCUT2D eigenvalue weighted by Crippen LogP contribution is -2.53. The predicted octanol–water partition coefficient (Wildman–Crippen LogP) is 1.46. The van der Waals surface area contributed by atoms with Crippen molar-refractivity contribution in [2.24, 2.45) is 17.6 Å². The van der Waals surface area contributed by atoms with Gasteiger partial charge in [-0.15, -0.1) is 0 Å². The minimum absolute atomic E-state index is 0.00559. The maximum atomic E-state index is 12.4. The molecule has 0 spiro atoms. The Bertz CT molecular complexity index is 367. The van der Waals surface area contributed by atoms with Crippen molar-refractivity contribution in [3.8, 4) is 0 Å². The number of hydrogen-bond acceptors (Lipinski definition) is 3. The summed E-state index contributed by atoms with van der Waals surface area (Å²) < 4.78 is 37.0. The van der Waals surface area contributed by atoms with Crippen molar-refractivity contribution in [3.63, 3.8) is 0 Å². The van der Waals surface area contributed by atoms with Crippen molar-refractivity contribution in [1.29, 1.82) is 0 Å². The summed E-state index contributed by atoms with van der Waals surface area (Å²) in [7, 11) is 0. The predicted molar refractivity (Wildman–Crippen MR) is 73.6 cm³/mol. The molecular weight excluding hydrogens is 283 g/mol. The van der Waals surface area contributed by atoms with Crippen LogP contribution in [0.1, 0.15) is 26.2 Å². The molecule has 2 N–H and O–H groups in total. The van der Waals surface area contributed by atoms with Crippen LogP contribution in [0.25, 0.3) is 0 Å². The van der Waals surface area contributed by atoms with Gasteiger partial charge in [0.1, 0.15) is 0 Å². The molecule has 1 aliphatic heterocycles. The second-order valence-corrected chi connectivity index (χ2v) is 6.37. The van der Waals surface area contributed by atoms with Crippen LogP contribution in [0.3, 0.4) is 0 Å². The Morgan fingerprint density at radius 2 is 1.81 bits per heavy atom. The van der Waals surface area contributed by atoms with Crippen LogP contribution in [-0.4, -0.2) is 60.6 Å².